The summed E-state index contributed by atoms with van der Waals surface area (Å²) in [6, 6.07) is 2.38. The van der Waals surface area contributed by atoms with E-state index in [1.165, 1.54) is 12.8 Å². The number of aromatic nitrogens is 2. The lowest BCUT2D eigenvalue weighted by Crippen LogP contribution is -2.50. The lowest BCUT2D eigenvalue weighted by atomic mass is 9.99. The van der Waals surface area contributed by atoms with Crippen molar-refractivity contribution in [3.63, 3.8) is 0 Å². The van der Waals surface area contributed by atoms with Crippen molar-refractivity contribution in [1.29, 1.82) is 0 Å². The summed E-state index contributed by atoms with van der Waals surface area (Å²) in [6.07, 6.45) is 3.61. The third-order valence-corrected chi connectivity index (χ3v) is 3.75. The van der Waals surface area contributed by atoms with Crippen molar-refractivity contribution in [3.05, 3.63) is 17.5 Å². The van der Waals surface area contributed by atoms with Gasteiger partial charge in [-0.05, 0) is 46.2 Å². The van der Waals surface area contributed by atoms with Crippen LogP contribution in [0.3, 0.4) is 0 Å². The Kier molecular flexibility index (Phi) is 4.58. The van der Waals surface area contributed by atoms with Crippen LogP contribution in [0.1, 0.15) is 49.3 Å². The first kappa shape index (κ1) is 14.1. The van der Waals surface area contributed by atoms with Crippen LogP contribution in [-0.4, -0.2) is 34.3 Å². The smallest absolute Gasteiger partial charge is 0.269 e. The van der Waals surface area contributed by atoms with Crippen molar-refractivity contribution in [3.8, 4) is 0 Å². The van der Waals surface area contributed by atoms with Crippen LogP contribution in [-0.2, 0) is 6.54 Å². The Hall–Kier alpha value is -1.36. The van der Waals surface area contributed by atoms with Gasteiger partial charge in [-0.15, -0.1) is 0 Å². The molecule has 0 aliphatic carbocycles. The van der Waals surface area contributed by atoms with Crippen molar-refractivity contribution in [1.82, 2.24) is 20.4 Å². The van der Waals surface area contributed by atoms with Crippen LogP contribution in [0.5, 0.6) is 0 Å². The maximum atomic E-state index is 12.3. The molecule has 2 unspecified atom stereocenters. The fraction of sp³-hybridized carbons (Fsp3) is 0.714. The van der Waals surface area contributed by atoms with Crippen LogP contribution in [0.15, 0.2) is 6.07 Å². The second kappa shape index (κ2) is 6.19. The van der Waals surface area contributed by atoms with E-state index in [1.54, 1.807) is 4.68 Å². The van der Waals surface area contributed by atoms with Crippen molar-refractivity contribution in [2.24, 2.45) is 0 Å². The normalized spacial score (nSPS) is 21.1. The molecule has 0 saturated carbocycles. The molecule has 5 heteroatoms. The van der Waals surface area contributed by atoms with Gasteiger partial charge in [-0.1, -0.05) is 6.42 Å². The third-order valence-electron chi connectivity index (χ3n) is 3.75. The second-order valence-corrected chi connectivity index (χ2v) is 5.31. The van der Waals surface area contributed by atoms with Gasteiger partial charge in [-0.25, -0.2) is 0 Å². The highest BCUT2D eigenvalue weighted by molar-refractivity contribution is 5.92. The third kappa shape index (κ3) is 3.35. The van der Waals surface area contributed by atoms with Crippen molar-refractivity contribution < 1.29 is 4.79 Å². The fourth-order valence-electron chi connectivity index (χ4n) is 2.66. The van der Waals surface area contributed by atoms with Crippen molar-refractivity contribution in [2.45, 2.75) is 58.7 Å². The summed E-state index contributed by atoms with van der Waals surface area (Å²) in [4.78, 5) is 12.3. The van der Waals surface area contributed by atoms with E-state index in [0.29, 0.717) is 18.3 Å². The molecule has 1 aliphatic rings. The van der Waals surface area contributed by atoms with Gasteiger partial charge in [0.1, 0.15) is 5.69 Å². The summed E-state index contributed by atoms with van der Waals surface area (Å²) in [6.45, 7) is 7.74. The highest BCUT2D eigenvalue weighted by atomic mass is 16.2. The molecule has 2 heterocycles. The first-order chi connectivity index (χ1) is 9.11. The SMILES string of the molecule is CCn1nc(C)cc1C(=O)NC(C)C1CCCCN1. The minimum absolute atomic E-state index is 0.0256. The number of nitrogens with zero attached hydrogens (tertiary/aromatic N) is 2. The van der Waals surface area contributed by atoms with Gasteiger partial charge in [0.2, 0.25) is 0 Å². The molecule has 19 heavy (non-hydrogen) atoms. The molecule has 5 nitrogen and oxygen atoms in total. The van der Waals surface area contributed by atoms with E-state index in [2.05, 4.69) is 22.7 Å². The zero-order valence-corrected chi connectivity index (χ0v) is 12.1. The Bertz CT molecular complexity index is 435. The summed E-state index contributed by atoms with van der Waals surface area (Å²) in [5.41, 5.74) is 1.54. The highest BCUT2D eigenvalue weighted by Gasteiger charge is 2.22. The van der Waals surface area contributed by atoms with Gasteiger partial charge in [-0.3, -0.25) is 9.48 Å². The molecule has 1 fully saturated rings. The van der Waals surface area contributed by atoms with Crippen LogP contribution < -0.4 is 10.6 Å². The number of amides is 1. The summed E-state index contributed by atoms with van der Waals surface area (Å²) < 4.78 is 1.76. The topological polar surface area (TPSA) is 59.0 Å². The molecular weight excluding hydrogens is 240 g/mol. The van der Waals surface area contributed by atoms with Crippen LogP contribution in [0.4, 0.5) is 0 Å². The molecular formula is C14H24N4O. The van der Waals surface area contributed by atoms with Gasteiger partial charge >= 0.3 is 0 Å². The number of rotatable bonds is 4. The van der Waals surface area contributed by atoms with E-state index >= 15 is 0 Å². The molecule has 0 aromatic carbocycles. The van der Waals surface area contributed by atoms with Gasteiger partial charge in [-0.2, -0.15) is 5.10 Å². The summed E-state index contributed by atoms with van der Waals surface area (Å²) in [7, 11) is 0. The molecule has 0 spiro atoms. The van der Waals surface area contributed by atoms with Crippen molar-refractivity contribution >= 4 is 5.91 Å². The molecule has 1 aromatic heterocycles. The number of carbonyl (C=O) groups is 1. The number of nitrogens with one attached hydrogen (secondary N) is 2. The van der Waals surface area contributed by atoms with Crippen LogP contribution in [0.2, 0.25) is 0 Å². The second-order valence-electron chi connectivity index (χ2n) is 5.31. The Morgan fingerprint density at radius 1 is 1.63 bits per heavy atom. The molecule has 2 N–H and O–H groups in total. The largest absolute Gasteiger partial charge is 0.347 e. The van der Waals surface area contributed by atoms with E-state index in [1.807, 2.05) is 19.9 Å². The van der Waals surface area contributed by atoms with E-state index in [9.17, 15) is 4.79 Å². The monoisotopic (exact) mass is 264 g/mol. The minimum atomic E-state index is -0.0256. The van der Waals surface area contributed by atoms with Crippen molar-refractivity contribution in [2.75, 3.05) is 6.54 Å². The lowest BCUT2D eigenvalue weighted by molar-refractivity contribution is 0.0917. The van der Waals surface area contributed by atoms with E-state index in [4.69, 9.17) is 0 Å². The maximum absolute atomic E-state index is 12.3. The number of aryl methyl sites for hydroxylation is 2. The molecule has 1 aromatic rings. The molecule has 1 aliphatic heterocycles. The molecule has 1 amide bonds. The number of hydrogen-bond donors (Lipinski definition) is 2. The van der Waals surface area contributed by atoms with Gasteiger partial charge in [0.25, 0.3) is 5.91 Å². The Labute approximate surface area is 114 Å². The summed E-state index contributed by atoms with van der Waals surface area (Å²) >= 11 is 0. The number of carbonyl (C=O) groups excluding carboxylic acids is 1. The van der Waals surface area contributed by atoms with E-state index in [0.717, 1.165) is 18.7 Å². The molecule has 1 saturated heterocycles. The Balaban J connectivity index is 1.99. The maximum Gasteiger partial charge on any atom is 0.269 e. The lowest BCUT2D eigenvalue weighted by Gasteiger charge is -2.29. The number of piperidine rings is 1. The number of hydrogen-bond acceptors (Lipinski definition) is 3. The zero-order valence-electron chi connectivity index (χ0n) is 12.1. The zero-order chi connectivity index (χ0) is 13.8. The first-order valence-electron chi connectivity index (χ1n) is 7.20. The average molecular weight is 264 g/mol. The fourth-order valence-corrected chi connectivity index (χ4v) is 2.66. The van der Waals surface area contributed by atoms with Crippen LogP contribution in [0.25, 0.3) is 0 Å². The standard InChI is InChI=1S/C14H24N4O/c1-4-18-13(9-10(2)17-18)14(19)16-11(3)12-7-5-6-8-15-12/h9,11-12,15H,4-8H2,1-3H3,(H,16,19). The summed E-state index contributed by atoms with van der Waals surface area (Å²) in [5, 5.41) is 10.9. The Morgan fingerprint density at radius 2 is 2.42 bits per heavy atom. The first-order valence-corrected chi connectivity index (χ1v) is 7.20. The molecule has 2 rings (SSSR count). The predicted molar refractivity (Wildman–Crippen MR) is 75.2 cm³/mol. The molecule has 0 radical (unpaired) electrons. The van der Waals surface area contributed by atoms with E-state index < -0.39 is 0 Å². The minimum Gasteiger partial charge on any atom is -0.347 e. The predicted octanol–water partition coefficient (Wildman–Crippen LogP) is 1.47. The molecule has 0 bridgehead atoms. The summed E-state index contributed by atoms with van der Waals surface area (Å²) in [5.74, 6) is -0.0256. The van der Waals surface area contributed by atoms with Crippen LogP contribution >= 0.6 is 0 Å². The van der Waals surface area contributed by atoms with Gasteiger partial charge < -0.3 is 10.6 Å². The molecule has 2 atom stereocenters. The van der Waals surface area contributed by atoms with Gasteiger partial charge in [0.15, 0.2) is 0 Å². The quantitative estimate of drug-likeness (QED) is 0.866. The Morgan fingerprint density at radius 3 is 3.05 bits per heavy atom. The van der Waals surface area contributed by atoms with Gasteiger partial charge in [0.05, 0.1) is 5.69 Å². The molecule has 106 valence electrons. The van der Waals surface area contributed by atoms with Gasteiger partial charge in [0, 0.05) is 18.6 Å². The van der Waals surface area contributed by atoms with Crippen LogP contribution in [0, 0.1) is 6.92 Å². The average Bonchev–Trinajstić information content (AvgIpc) is 2.81. The highest BCUT2D eigenvalue weighted by Crippen LogP contribution is 2.11. The van der Waals surface area contributed by atoms with E-state index in [-0.39, 0.29) is 11.9 Å².